The van der Waals surface area contributed by atoms with E-state index in [1.807, 2.05) is 18.2 Å². The minimum Gasteiger partial charge on any atom is -0.491 e. The van der Waals surface area contributed by atoms with Crippen molar-refractivity contribution in [2.45, 2.75) is 51.2 Å². The Bertz CT molecular complexity index is 1060. The lowest BCUT2D eigenvalue weighted by Gasteiger charge is -2.26. The van der Waals surface area contributed by atoms with Crippen molar-refractivity contribution in [3.8, 4) is 5.75 Å². The first-order chi connectivity index (χ1) is 14.4. The Hall–Kier alpha value is -2.92. The number of benzene rings is 2. The van der Waals surface area contributed by atoms with Crippen LogP contribution >= 0.6 is 0 Å². The Labute approximate surface area is 177 Å². The van der Waals surface area contributed by atoms with Gasteiger partial charge in [-0.2, -0.15) is 5.10 Å². The van der Waals surface area contributed by atoms with Crippen molar-refractivity contribution in [1.82, 2.24) is 9.78 Å². The van der Waals surface area contributed by atoms with Gasteiger partial charge in [0.05, 0.1) is 12.2 Å². The van der Waals surface area contributed by atoms with E-state index in [1.54, 1.807) is 6.07 Å². The van der Waals surface area contributed by atoms with Gasteiger partial charge in [0.2, 0.25) is 0 Å². The highest BCUT2D eigenvalue weighted by Gasteiger charge is 2.22. The predicted octanol–water partition coefficient (Wildman–Crippen LogP) is 3.50. The van der Waals surface area contributed by atoms with E-state index >= 15 is 0 Å². The van der Waals surface area contributed by atoms with Crippen LogP contribution in [0.15, 0.2) is 65.5 Å². The van der Waals surface area contributed by atoms with Crippen molar-refractivity contribution in [2.75, 3.05) is 6.61 Å². The molecule has 1 heterocycles. The number of aliphatic hydroxyl groups is 1. The molecule has 0 aliphatic heterocycles. The molecule has 0 radical (unpaired) electrons. The number of aryl methyl sites for hydroxylation is 2. The molecule has 1 atom stereocenters. The Morgan fingerprint density at radius 2 is 1.77 bits per heavy atom. The van der Waals surface area contributed by atoms with E-state index in [0.717, 1.165) is 30.5 Å². The number of ether oxygens (including phenoxy) is 1. The van der Waals surface area contributed by atoms with Crippen LogP contribution in [-0.2, 0) is 24.8 Å². The largest absolute Gasteiger partial charge is 0.491 e. The van der Waals surface area contributed by atoms with E-state index < -0.39 is 6.10 Å². The summed E-state index contributed by atoms with van der Waals surface area (Å²) in [5.41, 5.74) is 4.18. The molecule has 0 amide bonds. The molecule has 3 aromatic rings. The Kier molecular flexibility index (Phi) is 5.73. The molecule has 1 aromatic heterocycles. The van der Waals surface area contributed by atoms with Gasteiger partial charge in [-0.05, 0) is 48.1 Å². The van der Waals surface area contributed by atoms with E-state index in [4.69, 9.17) is 4.74 Å². The van der Waals surface area contributed by atoms with Crippen molar-refractivity contribution in [2.24, 2.45) is 0 Å². The minimum absolute atomic E-state index is 0.104. The van der Waals surface area contributed by atoms with E-state index in [2.05, 4.69) is 55.3 Å². The second-order valence-corrected chi connectivity index (χ2v) is 8.47. The number of fused-ring (bicyclic) bond motifs is 1. The second kappa shape index (κ2) is 8.44. The fourth-order valence-corrected chi connectivity index (χ4v) is 4.00. The van der Waals surface area contributed by atoms with Crippen molar-refractivity contribution < 1.29 is 9.84 Å². The third kappa shape index (κ3) is 4.31. The summed E-state index contributed by atoms with van der Waals surface area (Å²) in [5, 5.41) is 14.7. The van der Waals surface area contributed by atoms with Crippen molar-refractivity contribution in [3.05, 3.63) is 93.4 Å². The highest BCUT2D eigenvalue weighted by molar-refractivity contribution is 5.39. The van der Waals surface area contributed by atoms with Crippen LogP contribution in [0.3, 0.4) is 0 Å². The topological polar surface area (TPSA) is 64.3 Å². The van der Waals surface area contributed by atoms with Gasteiger partial charge in [0.1, 0.15) is 18.5 Å². The van der Waals surface area contributed by atoms with Gasteiger partial charge in [-0.25, -0.2) is 4.68 Å². The first-order valence-corrected chi connectivity index (χ1v) is 10.5. The van der Waals surface area contributed by atoms with Crippen LogP contribution in [0.5, 0.6) is 5.75 Å². The van der Waals surface area contributed by atoms with Gasteiger partial charge in [-0.1, -0.05) is 56.3 Å². The summed E-state index contributed by atoms with van der Waals surface area (Å²) >= 11 is 0. The van der Waals surface area contributed by atoms with E-state index in [1.165, 1.54) is 15.8 Å². The number of aliphatic hydroxyl groups excluding tert-OH is 1. The number of hydrogen-bond donors (Lipinski definition) is 1. The van der Waals surface area contributed by atoms with Gasteiger partial charge in [-0.3, -0.25) is 4.79 Å². The highest BCUT2D eigenvalue weighted by atomic mass is 16.5. The SMILES string of the molecule is CC(C)(c1ccccc1)c1ccc(OCC(O)Cn2nc3c(cc2=O)CCC3)cc1. The van der Waals surface area contributed by atoms with Gasteiger partial charge in [-0.15, -0.1) is 0 Å². The zero-order chi connectivity index (χ0) is 21.1. The van der Waals surface area contributed by atoms with Gasteiger partial charge in [0.15, 0.2) is 0 Å². The maximum absolute atomic E-state index is 12.2. The maximum atomic E-state index is 12.2. The van der Waals surface area contributed by atoms with Crippen LogP contribution in [-0.4, -0.2) is 27.6 Å². The summed E-state index contributed by atoms with van der Waals surface area (Å²) in [4.78, 5) is 12.2. The van der Waals surface area contributed by atoms with Crippen LogP contribution in [0.1, 0.15) is 42.7 Å². The lowest BCUT2D eigenvalue weighted by atomic mass is 9.78. The van der Waals surface area contributed by atoms with Gasteiger partial charge >= 0.3 is 0 Å². The quantitative estimate of drug-likeness (QED) is 0.655. The smallest absolute Gasteiger partial charge is 0.267 e. The Morgan fingerprint density at radius 1 is 1.07 bits per heavy atom. The molecule has 1 aliphatic rings. The normalized spacial score (nSPS) is 14.4. The van der Waals surface area contributed by atoms with Crippen LogP contribution in [0.4, 0.5) is 0 Å². The zero-order valence-corrected chi connectivity index (χ0v) is 17.5. The summed E-state index contributed by atoms with van der Waals surface area (Å²) in [6, 6.07) is 20.0. The molecule has 2 aromatic carbocycles. The Balaban J connectivity index is 1.37. The fraction of sp³-hybridized carbons (Fsp3) is 0.360. The molecule has 0 fully saturated rings. The average Bonchev–Trinajstić information content (AvgIpc) is 3.20. The molecule has 1 aliphatic carbocycles. The Morgan fingerprint density at radius 3 is 2.50 bits per heavy atom. The number of aromatic nitrogens is 2. The van der Waals surface area contributed by atoms with Gasteiger partial charge in [0.25, 0.3) is 5.56 Å². The molecule has 0 spiro atoms. The first-order valence-electron chi connectivity index (χ1n) is 10.5. The molecule has 5 heteroatoms. The van der Waals surface area contributed by atoms with E-state index in [0.29, 0.717) is 5.75 Å². The molecular formula is C25H28N2O3. The van der Waals surface area contributed by atoms with Crippen molar-refractivity contribution >= 4 is 0 Å². The molecule has 1 unspecified atom stereocenters. The maximum Gasteiger partial charge on any atom is 0.267 e. The lowest BCUT2D eigenvalue weighted by molar-refractivity contribution is 0.0877. The second-order valence-electron chi connectivity index (χ2n) is 8.47. The lowest BCUT2D eigenvalue weighted by Crippen LogP contribution is -2.32. The molecule has 0 saturated heterocycles. The minimum atomic E-state index is -0.810. The van der Waals surface area contributed by atoms with Gasteiger partial charge < -0.3 is 9.84 Å². The van der Waals surface area contributed by atoms with E-state index in [9.17, 15) is 9.90 Å². The average molecular weight is 405 g/mol. The molecule has 30 heavy (non-hydrogen) atoms. The summed E-state index contributed by atoms with van der Waals surface area (Å²) in [5.74, 6) is 0.691. The zero-order valence-electron chi connectivity index (χ0n) is 17.5. The summed E-state index contributed by atoms with van der Waals surface area (Å²) in [6.45, 7) is 4.63. The number of nitrogens with zero attached hydrogens (tertiary/aromatic N) is 2. The standard InChI is InChI=1S/C25H28N2O3/c1-25(2,19-8-4-3-5-9-19)20-11-13-22(14-12-20)30-17-21(28)16-27-24(29)15-18-7-6-10-23(18)26-27/h3-5,8-9,11-15,21,28H,6-7,10,16-17H2,1-2H3. The predicted molar refractivity (Wildman–Crippen MR) is 117 cm³/mol. The molecule has 1 N–H and O–H groups in total. The third-order valence-corrected chi connectivity index (χ3v) is 5.92. The van der Waals surface area contributed by atoms with Crippen molar-refractivity contribution in [1.29, 1.82) is 0 Å². The fourth-order valence-electron chi connectivity index (χ4n) is 4.00. The number of rotatable bonds is 7. The van der Waals surface area contributed by atoms with Crippen molar-refractivity contribution in [3.63, 3.8) is 0 Å². The molecule has 4 rings (SSSR count). The number of hydrogen-bond acceptors (Lipinski definition) is 4. The van der Waals surface area contributed by atoms with E-state index in [-0.39, 0.29) is 24.1 Å². The highest BCUT2D eigenvalue weighted by Crippen LogP contribution is 2.32. The molecule has 0 saturated carbocycles. The summed E-state index contributed by atoms with van der Waals surface area (Å²) in [7, 11) is 0. The van der Waals surface area contributed by atoms with Crippen LogP contribution in [0.25, 0.3) is 0 Å². The van der Waals surface area contributed by atoms with Crippen LogP contribution in [0, 0.1) is 0 Å². The monoisotopic (exact) mass is 404 g/mol. The third-order valence-electron chi connectivity index (χ3n) is 5.92. The van der Waals surface area contributed by atoms with Crippen LogP contribution in [0.2, 0.25) is 0 Å². The molecule has 5 nitrogen and oxygen atoms in total. The molecule has 156 valence electrons. The summed E-state index contributed by atoms with van der Waals surface area (Å²) < 4.78 is 7.10. The summed E-state index contributed by atoms with van der Waals surface area (Å²) in [6.07, 6.45) is 2.04. The molecular weight excluding hydrogens is 376 g/mol. The van der Waals surface area contributed by atoms with Gasteiger partial charge in [0, 0.05) is 11.5 Å². The molecule has 0 bridgehead atoms. The van der Waals surface area contributed by atoms with Crippen LogP contribution < -0.4 is 10.3 Å². The first kappa shape index (κ1) is 20.4.